The number of aryl methyl sites for hydroxylation is 2. The Kier molecular flexibility index (Phi) is 5.08. The zero-order chi connectivity index (χ0) is 15.6. The average molecular weight is 309 g/mol. The maximum Gasteiger partial charge on any atom is 0.279 e. The predicted molar refractivity (Wildman–Crippen MR) is 86.0 cm³/mol. The first kappa shape index (κ1) is 16.1. The van der Waals surface area contributed by atoms with E-state index in [0.29, 0.717) is 16.5 Å². The molecule has 1 aromatic heterocycles. The largest absolute Gasteiger partial charge is 0.349 e. The number of carbonyl (C=O) groups is 1. The Morgan fingerprint density at radius 2 is 2.10 bits per heavy atom. The zero-order valence-corrected chi connectivity index (χ0v) is 13.9. The Morgan fingerprint density at radius 1 is 1.38 bits per heavy atom. The summed E-state index contributed by atoms with van der Waals surface area (Å²) in [6.45, 7) is 3.60. The Hall–Kier alpha value is -1.30. The second-order valence-corrected chi connectivity index (χ2v) is 6.85. The Balaban J connectivity index is 2.19. The van der Waals surface area contributed by atoms with Gasteiger partial charge in [0.1, 0.15) is 5.56 Å². The topological polar surface area (TPSA) is 64.0 Å². The van der Waals surface area contributed by atoms with E-state index in [4.69, 9.17) is 0 Å². The van der Waals surface area contributed by atoms with Gasteiger partial charge in [0.2, 0.25) is 0 Å². The summed E-state index contributed by atoms with van der Waals surface area (Å²) < 4.78 is 1.24. The average Bonchev–Trinajstić information content (AvgIpc) is 2.45. The molecular weight excluding hydrogens is 286 g/mol. The van der Waals surface area contributed by atoms with Crippen LogP contribution in [-0.2, 0) is 7.05 Å². The van der Waals surface area contributed by atoms with Crippen molar-refractivity contribution >= 4 is 17.7 Å². The lowest BCUT2D eigenvalue weighted by atomic mass is 9.94. The molecule has 1 aliphatic carbocycles. The van der Waals surface area contributed by atoms with E-state index in [9.17, 15) is 9.59 Å². The lowest BCUT2D eigenvalue weighted by Crippen LogP contribution is -2.42. The van der Waals surface area contributed by atoms with Gasteiger partial charge in [0, 0.05) is 18.3 Å². The van der Waals surface area contributed by atoms with E-state index in [1.807, 2.05) is 18.7 Å². The molecule has 1 aromatic rings. The molecule has 0 saturated heterocycles. The van der Waals surface area contributed by atoms with Crippen LogP contribution in [0.1, 0.15) is 47.3 Å². The Morgan fingerprint density at radius 3 is 2.76 bits per heavy atom. The molecule has 5 nitrogen and oxygen atoms in total. The number of hydrogen-bond donors (Lipinski definition) is 1. The summed E-state index contributed by atoms with van der Waals surface area (Å²) in [6.07, 6.45) is 6.43. The first-order valence-electron chi connectivity index (χ1n) is 7.32. The number of carbonyl (C=O) groups excluding carboxylic acids is 1. The highest BCUT2D eigenvalue weighted by atomic mass is 32.2. The van der Waals surface area contributed by atoms with E-state index in [2.05, 4.69) is 16.7 Å². The fourth-order valence-electron chi connectivity index (χ4n) is 2.86. The third kappa shape index (κ3) is 3.48. The quantitative estimate of drug-likeness (QED) is 0.925. The lowest BCUT2D eigenvalue weighted by molar-refractivity contribution is 0.0925. The molecule has 1 amide bonds. The summed E-state index contributed by atoms with van der Waals surface area (Å²) in [4.78, 5) is 24.7. The van der Waals surface area contributed by atoms with Crippen molar-refractivity contribution in [2.24, 2.45) is 7.05 Å². The van der Waals surface area contributed by atoms with Gasteiger partial charge in [-0.3, -0.25) is 9.59 Å². The standard InChI is InChI=1S/C15H23N3O2S/c1-9-10(2)17-18(3)15(20)13(9)14(19)16-11-6-5-7-12(8-11)21-4/h11-12H,5-8H2,1-4H3,(H,16,19). The van der Waals surface area contributed by atoms with Crippen molar-refractivity contribution in [3.63, 3.8) is 0 Å². The van der Waals surface area contributed by atoms with Crippen LogP contribution >= 0.6 is 11.8 Å². The van der Waals surface area contributed by atoms with Crippen LogP contribution in [0, 0.1) is 13.8 Å². The van der Waals surface area contributed by atoms with E-state index < -0.39 is 0 Å². The van der Waals surface area contributed by atoms with E-state index in [1.165, 1.54) is 11.1 Å². The molecule has 21 heavy (non-hydrogen) atoms. The molecule has 1 saturated carbocycles. The second-order valence-electron chi connectivity index (χ2n) is 5.71. The number of rotatable bonds is 3. The van der Waals surface area contributed by atoms with Crippen molar-refractivity contribution in [2.45, 2.75) is 50.8 Å². The summed E-state index contributed by atoms with van der Waals surface area (Å²) in [7, 11) is 1.58. The fourth-order valence-corrected chi connectivity index (χ4v) is 3.69. The van der Waals surface area contributed by atoms with Gasteiger partial charge >= 0.3 is 0 Å². The van der Waals surface area contributed by atoms with Crippen LogP contribution < -0.4 is 10.9 Å². The molecule has 2 rings (SSSR count). The number of nitrogens with zero attached hydrogens (tertiary/aromatic N) is 2. The minimum atomic E-state index is -0.326. The van der Waals surface area contributed by atoms with Crippen LogP contribution in [0.2, 0.25) is 0 Å². The van der Waals surface area contributed by atoms with Gasteiger partial charge in [0.05, 0.1) is 5.69 Å². The molecule has 6 heteroatoms. The van der Waals surface area contributed by atoms with Crippen LogP contribution in [0.5, 0.6) is 0 Å². The maximum absolute atomic E-state index is 12.5. The molecule has 0 spiro atoms. The summed E-state index contributed by atoms with van der Waals surface area (Å²) in [5.74, 6) is -0.259. The first-order chi connectivity index (χ1) is 9.93. The molecule has 0 aromatic carbocycles. The van der Waals surface area contributed by atoms with Gasteiger partial charge in [-0.05, 0) is 44.9 Å². The maximum atomic E-state index is 12.5. The van der Waals surface area contributed by atoms with Crippen LogP contribution in [0.3, 0.4) is 0 Å². The predicted octanol–water partition coefficient (Wildman–Crippen LogP) is 1.80. The molecular formula is C15H23N3O2S. The second kappa shape index (κ2) is 6.64. The summed E-state index contributed by atoms with van der Waals surface area (Å²) in [6, 6.07) is 0.168. The van der Waals surface area contributed by atoms with Crippen molar-refractivity contribution in [2.75, 3.05) is 6.26 Å². The van der Waals surface area contributed by atoms with Gasteiger partial charge in [-0.2, -0.15) is 16.9 Å². The monoisotopic (exact) mass is 309 g/mol. The highest BCUT2D eigenvalue weighted by molar-refractivity contribution is 7.99. The van der Waals surface area contributed by atoms with E-state index in [0.717, 1.165) is 19.3 Å². The number of amides is 1. The minimum absolute atomic E-state index is 0.168. The van der Waals surface area contributed by atoms with Crippen molar-refractivity contribution < 1.29 is 4.79 Å². The van der Waals surface area contributed by atoms with Crippen LogP contribution in [0.15, 0.2) is 4.79 Å². The summed E-state index contributed by atoms with van der Waals surface area (Å²) in [5, 5.41) is 7.75. The SMILES string of the molecule is CSC1CCCC(NC(=O)c2c(C)c(C)nn(C)c2=O)C1. The van der Waals surface area contributed by atoms with Crippen molar-refractivity contribution in [1.82, 2.24) is 15.1 Å². The van der Waals surface area contributed by atoms with Crippen LogP contribution in [0.25, 0.3) is 0 Å². The zero-order valence-electron chi connectivity index (χ0n) is 13.1. The number of hydrogen-bond acceptors (Lipinski definition) is 4. The molecule has 1 heterocycles. The minimum Gasteiger partial charge on any atom is -0.349 e. The van der Waals surface area contributed by atoms with Gasteiger partial charge in [0.25, 0.3) is 11.5 Å². The van der Waals surface area contributed by atoms with Gasteiger partial charge in [-0.25, -0.2) is 4.68 Å². The van der Waals surface area contributed by atoms with Gasteiger partial charge < -0.3 is 5.32 Å². The normalized spacial score (nSPS) is 22.1. The molecule has 2 atom stereocenters. The number of thioether (sulfide) groups is 1. The van der Waals surface area contributed by atoms with Crippen molar-refractivity contribution in [3.05, 3.63) is 27.2 Å². The highest BCUT2D eigenvalue weighted by Gasteiger charge is 2.25. The highest BCUT2D eigenvalue weighted by Crippen LogP contribution is 2.27. The first-order valence-corrected chi connectivity index (χ1v) is 8.61. The Labute approximate surface area is 129 Å². The van der Waals surface area contributed by atoms with Gasteiger partial charge in [0.15, 0.2) is 0 Å². The summed E-state index contributed by atoms with van der Waals surface area (Å²) in [5.41, 5.74) is 1.30. The molecule has 0 aliphatic heterocycles. The molecule has 116 valence electrons. The molecule has 1 N–H and O–H groups in total. The van der Waals surface area contributed by atoms with Crippen LogP contribution in [0.4, 0.5) is 0 Å². The van der Waals surface area contributed by atoms with Crippen LogP contribution in [-0.4, -0.2) is 33.2 Å². The third-order valence-electron chi connectivity index (χ3n) is 4.25. The lowest BCUT2D eigenvalue weighted by Gasteiger charge is -2.28. The summed E-state index contributed by atoms with van der Waals surface area (Å²) >= 11 is 1.86. The van der Waals surface area contributed by atoms with E-state index >= 15 is 0 Å². The number of nitrogens with one attached hydrogen (secondary N) is 1. The van der Waals surface area contributed by atoms with Gasteiger partial charge in [-0.15, -0.1) is 0 Å². The molecule has 2 unspecified atom stereocenters. The van der Waals surface area contributed by atoms with Crippen molar-refractivity contribution in [3.8, 4) is 0 Å². The fraction of sp³-hybridized carbons (Fsp3) is 0.667. The molecule has 1 aliphatic rings. The Bertz CT molecular complexity index is 597. The third-order valence-corrected chi connectivity index (χ3v) is 5.34. The van der Waals surface area contributed by atoms with Crippen molar-refractivity contribution in [1.29, 1.82) is 0 Å². The molecule has 0 radical (unpaired) electrons. The molecule has 1 fully saturated rings. The van der Waals surface area contributed by atoms with E-state index in [1.54, 1.807) is 14.0 Å². The molecule has 0 bridgehead atoms. The smallest absolute Gasteiger partial charge is 0.279 e. The number of aromatic nitrogens is 2. The van der Waals surface area contributed by atoms with Gasteiger partial charge in [-0.1, -0.05) is 6.42 Å². The van der Waals surface area contributed by atoms with E-state index in [-0.39, 0.29) is 23.1 Å².